The lowest BCUT2D eigenvalue weighted by Crippen LogP contribution is -2.48. The maximum absolute atomic E-state index is 13.6. The Morgan fingerprint density at radius 3 is 3.06 bits per heavy atom. The second-order valence-corrected chi connectivity index (χ2v) is 9.02. The van der Waals surface area contributed by atoms with Crippen molar-refractivity contribution in [1.82, 2.24) is 9.80 Å². The molecule has 0 saturated heterocycles. The molecule has 2 heterocycles. The van der Waals surface area contributed by atoms with E-state index in [2.05, 4.69) is 5.92 Å². The molecule has 0 aliphatic carbocycles. The standard InChI is InChI=1S/C25H31FN2O5S/c1-3-11-32-17-20(29)15-27(10-12-31-2)16-25(30)28-9-7-24-22(8-13-34-24)23(28)18-33-21-6-4-5-19(26)14-21/h1,4-6,8,13-14,20,23,29H,7,9-12,15-18H2,2H3. The van der Waals surface area contributed by atoms with Gasteiger partial charge in [-0.1, -0.05) is 12.0 Å². The van der Waals surface area contributed by atoms with Crippen molar-refractivity contribution in [2.75, 3.05) is 59.7 Å². The van der Waals surface area contributed by atoms with E-state index >= 15 is 0 Å². The van der Waals surface area contributed by atoms with Gasteiger partial charge in [0.25, 0.3) is 0 Å². The van der Waals surface area contributed by atoms with Gasteiger partial charge in [0.15, 0.2) is 0 Å². The number of rotatable bonds is 13. The number of amides is 1. The summed E-state index contributed by atoms with van der Waals surface area (Å²) in [7, 11) is 1.59. The van der Waals surface area contributed by atoms with Crippen molar-refractivity contribution < 1.29 is 28.5 Å². The summed E-state index contributed by atoms with van der Waals surface area (Å²) in [5, 5.41) is 12.3. The fraction of sp³-hybridized carbons (Fsp3) is 0.480. The van der Waals surface area contributed by atoms with Crippen LogP contribution < -0.4 is 4.74 Å². The van der Waals surface area contributed by atoms with Crippen molar-refractivity contribution >= 4 is 17.2 Å². The molecule has 184 valence electrons. The van der Waals surface area contributed by atoms with Crippen LogP contribution in [-0.4, -0.2) is 86.6 Å². The van der Waals surface area contributed by atoms with Crippen LogP contribution in [0.5, 0.6) is 5.75 Å². The molecule has 1 aliphatic rings. The van der Waals surface area contributed by atoms with E-state index in [-0.39, 0.29) is 50.7 Å². The Morgan fingerprint density at radius 1 is 1.44 bits per heavy atom. The number of carbonyl (C=O) groups is 1. The summed E-state index contributed by atoms with van der Waals surface area (Å²) in [5.41, 5.74) is 1.06. The predicted octanol–water partition coefficient (Wildman–Crippen LogP) is 2.35. The van der Waals surface area contributed by atoms with Gasteiger partial charge in [0.2, 0.25) is 5.91 Å². The second kappa shape index (κ2) is 13.4. The summed E-state index contributed by atoms with van der Waals surface area (Å²) in [6, 6.07) is 7.73. The van der Waals surface area contributed by atoms with E-state index in [1.54, 1.807) is 30.6 Å². The Hall–Kier alpha value is -2.48. The van der Waals surface area contributed by atoms with Crippen LogP contribution in [0.3, 0.4) is 0 Å². The topological polar surface area (TPSA) is 71.5 Å². The van der Waals surface area contributed by atoms with Crippen molar-refractivity contribution in [3.63, 3.8) is 0 Å². The summed E-state index contributed by atoms with van der Waals surface area (Å²) in [5.74, 6) is 2.34. The smallest absolute Gasteiger partial charge is 0.237 e. The molecule has 1 aromatic carbocycles. The zero-order valence-corrected chi connectivity index (χ0v) is 20.1. The van der Waals surface area contributed by atoms with Crippen LogP contribution >= 0.6 is 11.3 Å². The number of halogens is 1. The molecule has 0 spiro atoms. The summed E-state index contributed by atoms with van der Waals surface area (Å²) >= 11 is 1.67. The summed E-state index contributed by atoms with van der Waals surface area (Å²) in [6.07, 6.45) is 5.17. The van der Waals surface area contributed by atoms with Gasteiger partial charge in [-0.05, 0) is 35.6 Å². The molecule has 0 saturated carbocycles. The van der Waals surface area contributed by atoms with Gasteiger partial charge in [-0.3, -0.25) is 9.69 Å². The summed E-state index contributed by atoms with van der Waals surface area (Å²) < 4.78 is 29.9. The minimum atomic E-state index is -0.782. The second-order valence-electron chi connectivity index (χ2n) is 8.02. The van der Waals surface area contributed by atoms with E-state index in [1.807, 2.05) is 21.2 Å². The van der Waals surface area contributed by atoms with Crippen LogP contribution in [0.25, 0.3) is 0 Å². The van der Waals surface area contributed by atoms with Crippen molar-refractivity contribution in [1.29, 1.82) is 0 Å². The van der Waals surface area contributed by atoms with Crippen molar-refractivity contribution in [3.8, 4) is 18.1 Å². The summed E-state index contributed by atoms with van der Waals surface area (Å²) in [4.78, 5) is 18.3. The van der Waals surface area contributed by atoms with Crippen LogP contribution in [-0.2, 0) is 20.7 Å². The molecule has 9 heteroatoms. The molecule has 2 atom stereocenters. The van der Waals surface area contributed by atoms with Gasteiger partial charge < -0.3 is 24.2 Å². The maximum Gasteiger partial charge on any atom is 0.237 e. The predicted molar refractivity (Wildman–Crippen MR) is 128 cm³/mol. The molecule has 1 N–H and O–H groups in total. The lowest BCUT2D eigenvalue weighted by molar-refractivity contribution is -0.136. The Bertz CT molecular complexity index is 963. The number of hydrogen-bond acceptors (Lipinski definition) is 7. The molecular formula is C25H31FN2O5S. The molecule has 1 amide bonds. The number of carbonyl (C=O) groups excluding carboxylic acids is 1. The van der Waals surface area contributed by atoms with E-state index < -0.39 is 6.10 Å². The van der Waals surface area contributed by atoms with Gasteiger partial charge in [-0.25, -0.2) is 4.39 Å². The molecule has 0 bridgehead atoms. The average molecular weight is 491 g/mol. The molecule has 0 radical (unpaired) electrons. The zero-order valence-electron chi connectivity index (χ0n) is 19.3. The van der Waals surface area contributed by atoms with Gasteiger partial charge in [-0.2, -0.15) is 0 Å². The van der Waals surface area contributed by atoms with E-state index in [1.165, 1.54) is 17.0 Å². The maximum atomic E-state index is 13.6. The zero-order chi connectivity index (χ0) is 24.3. The Labute approximate surface area is 204 Å². The van der Waals surface area contributed by atoms with Crippen LogP contribution in [0, 0.1) is 18.2 Å². The molecule has 2 aromatic rings. The van der Waals surface area contributed by atoms with Crippen molar-refractivity contribution in [2.24, 2.45) is 0 Å². The first-order valence-corrected chi connectivity index (χ1v) is 12.0. The fourth-order valence-corrected chi connectivity index (χ4v) is 4.88. The van der Waals surface area contributed by atoms with Crippen molar-refractivity contribution in [3.05, 3.63) is 52.0 Å². The number of methoxy groups -OCH3 is 1. The molecule has 1 aromatic heterocycles. The monoisotopic (exact) mass is 490 g/mol. The van der Waals surface area contributed by atoms with Gasteiger partial charge in [0.1, 0.15) is 24.8 Å². The number of aliphatic hydroxyl groups excluding tert-OH is 1. The Morgan fingerprint density at radius 2 is 2.29 bits per heavy atom. The number of ether oxygens (including phenoxy) is 3. The van der Waals surface area contributed by atoms with Gasteiger partial charge >= 0.3 is 0 Å². The van der Waals surface area contributed by atoms with E-state index in [9.17, 15) is 14.3 Å². The molecular weight excluding hydrogens is 459 g/mol. The quantitative estimate of drug-likeness (QED) is 0.343. The third kappa shape index (κ3) is 7.52. The van der Waals surface area contributed by atoms with E-state index in [0.717, 1.165) is 12.0 Å². The van der Waals surface area contributed by atoms with Crippen LogP contribution in [0.1, 0.15) is 16.5 Å². The molecule has 1 aliphatic heterocycles. The first-order chi connectivity index (χ1) is 16.5. The number of aliphatic hydroxyl groups is 1. The Kier molecular flexibility index (Phi) is 10.3. The SMILES string of the molecule is C#CCOCC(O)CN(CCOC)CC(=O)N1CCc2sccc2C1COc1cccc(F)c1. The fourth-order valence-electron chi connectivity index (χ4n) is 3.95. The number of thiophene rings is 1. The van der Waals surface area contributed by atoms with E-state index in [0.29, 0.717) is 25.4 Å². The normalized spacial score (nSPS) is 16.2. The minimum absolute atomic E-state index is 0.0717. The lowest BCUT2D eigenvalue weighted by atomic mass is 10.0. The first kappa shape index (κ1) is 26.1. The molecule has 7 nitrogen and oxygen atoms in total. The molecule has 3 rings (SSSR count). The molecule has 34 heavy (non-hydrogen) atoms. The first-order valence-electron chi connectivity index (χ1n) is 11.2. The van der Waals surface area contributed by atoms with Gasteiger partial charge in [-0.15, -0.1) is 17.8 Å². The highest BCUT2D eigenvalue weighted by molar-refractivity contribution is 7.10. The lowest BCUT2D eigenvalue weighted by Gasteiger charge is -2.37. The highest BCUT2D eigenvalue weighted by Gasteiger charge is 2.33. The number of nitrogens with zero attached hydrogens (tertiary/aromatic N) is 2. The third-order valence-corrected chi connectivity index (χ3v) is 6.55. The number of fused-ring (bicyclic) bond motifs is 1. The van der Waals surface area contributed by atoms with Crippen molar-refractivity contribution in [2.45, 2.75) is 18.6 Å². The minimum Gasteiger partial charge on any atom is -0.491 e. The number of terminal acetylenes is 1. The van der Waals surface area contributed by atoms with Crippen LogP contribution in [0.4, 0.5) is 4.39 Å². The average Bonchev–Trinajstić information content (AvgIpc) is 3.30. The van der Waals surface area contributed by atoms with Gasteiger partial charge in [0, 0.05) is 37.7 Å². The highest BCUT2D eigenvalue weighted by atomic mass is 32.1. The van der Waals surface area contributed by atoms with E-state index in [4.69, 9.17) is 20.6 Å². The van der Waals surface area contributed by atoms with Crippen LogP contribution in [0.15, 0.2) is 35.7 Å². The molecule has 2 unspecified atom stereocenters. The third-order valence-electron chi connectivity index (χ3n) is 5.55. The summed E-state index contributed by atoms with van der Waals surface area (Å²) in [6.45, 7) is 2.27. The number of benzene rings is 1. The molecule has 0 fully saturated rings. The number of hydrogen-bond donors (Lipinski definition) is 1. The Balaban J connectivity index is 1.68. The highest BCUT2D eigenvalue weighted by Crippen LogP contribution is 2.34. The largest absolute Gasteiger partial charge is 0.491 e. The van der Waals surface area contributed by atoms with Crippen LogP contribution in [0.2, 0.25) is 0 Å². The van der Waals surface area contributed by atoms with Gasteiger partial charge in [0.05, 0.1) is 31.9 Å².